The number of rotatable bonds is 2. The van der Waals surface area contributed by atoms with Gasteiger partial charge in [-0.15, -0.1) is 0 Å². The molecule has 0 aliphatic carbocycles. The molecule has 6 aromatic carbocycles. The second-order valence-corrected chi connectivity index (χ2v) is 11.1. The number of ether oxygens (including phenoxy) is 1. The number of fused-ring (bicyclic) bond motifs is 8. The van der Waals surface area contributed by atoms with Crippen molar-refractivity contribution < 1.29 is 4.74 Å². The lowest BCUT2D eigenvalue weighted by Gasteiger charge is -2.31. The van der Waals surface area contributed by atoms with Gasteiger partial charge in [-0.1, -0.05) is 72.8 Å². The van der Waals surface area contributed by atoms with E-state index in [9.17, 15) is 0 Å². The van der Waals surface area contributed by atoms with Crippen molar-refractivity contribution in [1.29, 1.82) is 0 Å². The van der Waals surface area contributed by atoms with Crippen LogP contribution in [0.15, 0.2) is 127 Å². The zero-order valence-corrected chi connectivity index (χ0v) is 23.4. The Morgan fingerprint density at radius 2 is 1.19 bits per heavy atom. The Hall–Kier alpha value is -5.48. The molecule has 42 heavy (non-hydrogen) atoms. The van der Waals surface area contributed by atoms with E-state index in [-0.39, 0.29) is 0 Å². The number of nitrogens with zero attached hydrogens (tertiary/aromatic N) is 3. The summed E-state index contributed by atoms with van der Waals surface area (Å²) < 4.78 is 11.3. The molecule has 0 bridgehead atoms. The maximum atomic E-state index is 6.56. The lowest BCUT2D eigenvalue weighted by molar-refractivity contribution is 0.477. The maximum absolute atomic E-state index is 6.56. The van der Waals surface area contributed by atoms with Crippen LogP contribution in [0.2, 0.25) is 0 Å². The average Bonchev–Trinajstić information content (AvgIpc) is 3.52. The van der Waals surface area contributed by atoms with E-state index in [4.69, 9.17) is 4.74 Å². The number of para-hydroxylation sites is 5. The second-order valence-electron chi connectivity index (χ2n) is 11.1. The van der Waals surface area contributed by atoms with E-state index in [0.717, 1.165) is 39.7 Å². The molecular formula is C38H27N3O. The standard InChI is InChI=1S/C38H27N3O/c1-39-31-13-5-3-11-28(31)30-23-25(19-21-32(30)39)41-33-14-6-4-10-27(33)29-20-18-24(22-36(29)41)26-12-9-16-35-38(26)42-37-17-8-7-15-34(37)40(35)2/h3-23H,1-2H3. The van der Waals surface area contributed by atoms with E-state index < -0.39 is 0 Å². The Morgan fingerprint density at radius 3 is 2.07 bits per heavy atom. The van der Waals surface area contributed by atoms with E-state index in [1.165, 1.54) is 43.6 Å². The zero-order valence-electron chi connectivity index (χ0n) is 23.4. The molecule has 0 saturated carbocycles. The van der Waals surface area contributed by atoms with Gasteiger partial charge < -0.3 is 18.8 Å². The first-order chi connectivity index (χ1) is 20.7. The lowest BCUT2D eigenvalue weighted by Crippen LogP contribution is -2.15. The van der Waals surface area contributed by atoms with Crippen LogP contribution in [-0.4, -0.2) is 16.2 Å². The molecule has 0 saturated heterocycles. The molecule has 0 N–H and O–H groups in total. The highest BCUT2D eigenvalue weighted by atomic mass is 16.5. The Morgan fingerprint density at radius 1 is 0.500 bits per heavy atom. The van der Waals surface area contributed by atoms with Gasteiger partial charge in [-0.3, -0.25) is 0 Å². The number of benzene rings is 6. The van der Waals surface area contributed by atoms with Gasteiger partial charge in [0.25, 0.3) is 0 Å². The van der Waals surface area contributed by atoms with E-state index in [0.29, 0.717) is 0 Å². The molecule has 0 fully saturated rings. The van der Waals surface area contributed by atoms with Crippen molar-refractivity contribution in [2.24, 2.45) is 7.05 Å². The van der Waals surface area contributed by atoms with E-state index in [1.807, 2.05) is 12.1 Å². The summed E-state index contributed by atoms with van der Waals surface area (Å²) in [5, 5.41) is 5.02. The molecular weight excluding hydrogens is 514 g/mol. The minimum atomic E-state index is 0.874. The van der Waals surface area contributed by atoms with Gasteiger partial charge in [-0.25, -0.2) is 0 Å². The van der Waals surface area contributed by atoms with Crippen LogP contribution in [0, 0.1) is 0 Å². The van der Waals surface area contributed by atoms with Crippen LogP contribution in [0.1, 0.15) is 0 Å². The molecule has 0 spiro atoms. The number of hydrogen-bond donors (Lipinski definition) is 0. The predicted molar refractivity (Wildman–Crippen MR) is 175 cm³/mol. The number of aromatic nitrogens is 2. The van der Waals surface area contributed by atoms with Gasteiger partial charge in [0.05, 0.1) is 22.4 Å². The number of aryl methyl sites for hydroxylation is 1. The average molecular weight is 542 g/mol. The highest BCUT2D eigenvalue weighted by Gasteiger charge is 2.25. The Balaban J connectivity index is 1.29. The first kappa shape index (κ1) is 23.2. The van der Waals surface area contributed by atoms with Gasteiger partial charge >= 0.3 is 0 Å². The van der Waals surface area contributed by atoms with Crippen LogP contribution in [0.3, 0.4) is 0 Å². The Labute approximate surface area is 243 Å². The van der Waals surface area contributed by atoms with E-state index in [1.54, 1.807) is 0 Å². The molecule has 1 aliphatic heterocycles. The summed E-state index contributed by atoms with van der Waals surface area (Å²) in [5.74, 6) is 1.76. The molecule has 0 radical (unpaired) electrons. The van der Waals surface area contributed by atoms with Crippen LogP contribution >= 0.6 is 0 Å². The van der Waals surface area contributed by atoms with Gasteiger partial charge in [-0.05, 0) is 60.2 Å². The molecule has 3 heterocycles. The van der Waals surface area contributed by atoms with Gasteiger partial charge in [0.2, 0.25) is 0 Å². The molecule has 4 heteroatoms. The smallest absolute Gasteiger partial charge is 0.158 e. The third-order valence-electron chi connectivity index (χ3n) is 8.93. The highest BCUT2D eigenvalue weighted by Crippen LogP contribution is 2.50. The molecule has 1 aliphatic rings. The highest BCUT2D eigenvalue weighted by molar-refractivity contribution is 6.12. The van der Waals surface area contributed by atoms with Gasteiger partial charge in [0.1, 0.15) is 0 Å². The predicted octanol–water partition coefficient (Wildman–Crippen LogP) is 9.97. The summed E-state index contributed by atoms with van der Waals surface area (Å²) >= 11 is 0. The first-order valence-electron chi connectivity index (χ1n) is 14.3. The fourth-order valence-electron chi connectivity index (χ4n) is 6.90. The largest absolute Gasteiger partial charge is 0.452 e. The first-order valence-corrected chi connectivity index (χ1v) is 14.3. The van der Waals surface area contributed by atoms with Gasteiger partial charge in [-0.2, -0.15) is 0 Å². The summed E-state index contributed by atoms with van der Waals surface area (Å²) in [6.45, 7) is 0. The van der Waals surface area contributed by atoms with Gasteiger partial charge in [0.15, 0.2) is 11.5 Å². The normalized spacial score (nSPS) is 12.7. The maximum Gasteiger partial charge on any atom is 0.158 e. The minimum absolute atomic E-state index is 0.874. The number of hydrogen-bond acceptors (Lipinski definition) is 2. The summed E-state index contributed by atoms with van der Waals surface area (Å²) in [4.78, 5) is 2.21. The van der Waals surface area contributed by atoms with Crippen molar-refractivity contribution in [1.82, 2.24) is 9.13 Å². The minimum Gasteiger partial charge on any atom is -0.452 e. The monoisotopic (exact) mass is 541 g/mol. The number of anilines is 2. The molecule has 0 atom stereocenters. The van der Waals surface area contributed by atoms with Crippen molar-refractivity contribution >= 4 is 55.0 Å². The van der Waals surface area contributed by atoms with E-state index >= 15 is 0 Å². The van der Waals surface area contributed by atoms with Crippen molar-refractivity contribution in [2.45, 2.75) is 0 Å². The molecule has 0 amide bonds. The van der Waals surface area contributed by atoms with Crippen LogP contribution in [0.25, 0.3) is 60.4 Å². The molecule has 2 aromatic heterocycles. The lowest BCUT2D eigenvalue weighted by atomic mass is 10.0. The quantitative estimate of drug-likeness (QED) is 0.217. The molecule has 200 valence electrons. The topological polar surface area (TPSA) is 22.3 Å². The Kier molecular flexibility index (Phi) is 4.71. The third-order valence-corrected chi connectivity index (χ3v) is 8.93. The molecule has 8 aromatic rings. The van der Waals surface area contributed by atoms with Crippen LogP contribution < -0.4 is 9.64 Å². The van der Waals surface area contributed by atoms with Gasteiger partial charge in [0, 0.05) is 57.9 Å². The molecule has 9 rings (SSSR count). The van der Waals surface area contributed by atoms with Crippen molar-refractivity contribution in [3.05, 3.63) is 127 Å². The fraction of sp³-hybridized carbons (Fsp3) is 0.0526. The molecule has 4 nitrogen and oxygen atoms in total. The summed E-state index contributed by atoms with van der Waals surface area (Å²) in [6.07, 6.45) is 0. The summed E-state index contributed by atoms with van der Waals surface area (Å²) in [6, 6.07) is 45.6. The third kappa shape index (κ3) is 3.12. The summed E-state index contributed by atoms with van der Waals surface area (Å²) in [7, 11) is 4.25. The summed E-state index contributed by atoms with van der Waals surface area (Å²) in [5.41, 5.74) is 10.4. The van der Waals surface area contributed by atoms with Crippen molar-refractivity contribution in [2.75, 3.05) is 11.9 Å². The van der Waals surface area contributed by atoms with Crippen LogP contribution in [0.4, 0.5) is 11.4 Å². The van der Waals surface area contributed by atoms with Crippen LogP contribution in [-0.2, 0) is 7.05 Å². The van der Waals surface area contributed by atoms with Crippen molar-refractivity contribution in [3.63, 3.8) is 0 Å². The second kappa shape index (κ2) is 8.51. The van der Waals surface area contributed by atoms with Crippen molar-refractivity contribution in [3.8, 4) is 28.3 Å². The van der Waals surface area contributed by atoms with Crippen LogP contribution in [0.5, 0.6) is 11.5 Å². The zero-order chi connectivity index (χ0) is 27.9. The SMILES string of the molecule is CN1c2ccccc2Oc2c(-c3ccc4c5ccccc5n(-c5ccc6c(c5)c5ccccc5n6C)c4c3)cccc21. The fourth-order valence-corrected chi connectivity index (χ4v) is 6.90. The van der Waals surface area contributed by atoms with E-state index in [2.05, 4.69) is 143 Å². The molecule has 0 unspecified atom stereocenters. The Bertz CT molecular complexity index is 2370.